The maximum Gasteiger partial charge on any atom is 0.123 e. The lowest BCUT2D eigenvalue weighted by molar-refractivity contribution is 0.0621. The first-order valence-electron chi connectivity index (χ1n) is 9.55. The van der Waals surface area contributed by atoms with Crippen LogP contribution in [0.2, 0.25) is 0 Å². The lowest BCUT2D eigenvalue weighted by atomic mass is 10.2. The van der Waals surface area contributed by atoms with Gasteiger partial charge in [0.15, 0.2) is 0 Å². The molecule has 0 aliphatic carbocycles. The van der Waals surface area contributed by atoms with E-state index in [0.717, 1.165) is 17.0 Å². The number of aryl methyl sites for hydroxylation is 1. The third-order valence-corrected chi connectivity index (χ3v) is 4.73. The maximum atomic E-state index is 13.2. The van der Waals surface area contributed by atoms with Crippen LogP contribution in [-0.4, -0.2) is 40.9 Å². The second-order valence-corrected chi connectivity index (χ2v) is 7.05. The zero-order chi connectivity index (χ0) is 20.6. The Morgan fingerprint density at radius 1 is 1.00 bits per heavy atom. The molecule has 0 aliphatic rings. The van der Waals surface area contributed by atoms with Crippen LogP contribution in [0.25, 0.3) is 0 Å². The van der Waals surface area contributed by atoms with E-state index in [-0.39, 0.29) is 12.4 Å². The molecule has 0 fully saturated rings. The summed E-state index contributed by atoms with van der Waals surface area (Å²) in [6, 6.07) is 17.8. The van der Waals surface area contributed by atoms with E-state index in [1.165, 1.54) is 12.1 Å². The molecule has 2 aromatic carbocycles. The van der Waals surface area contributed by atoms with E-state index >= 15 is 0 Å². The van der Waals surface area contributed by atoms with E-state index in [1.807, 2.05) is 43.6 Å². The molecule has 0 saturated heterocycles. The number of ether oxygens (including phenoxy) is 2. The Labute approximate surface area is 170 Å². The quantitative estimate of drug-likeness (QED) is 0.567. The van der Waals surface area contributed by atoms with Crippen LogP contribution in [0.1, 0.15) is 11.3 Å². The SMILES string of the molecule is COc1ccc(OC[C@H](O)CN(Cc2ccc(F)cc2)Cc2cccn2C)cc1. The number of aliphatic hydroxyl groups is 1. The first-order chi connectivity index (χ1) is 14.0. The average molecular weight is 398 g/mol. The summed E-state index contributed by atoms with van der Waals surface area (Å²) in [5, 5.41) is 10.5. The molecule has 5 nitrogen and oxygen atoms in total. The van der Waals surface area contributed by atoms with Gasteiger partial charge in [-0.15, -0.1) is 0 Å². The number of benzene rings is 2. The van der Waals surface area contributed by atoms with Crippen LogP contribution in [0.5, 0.6) is 11.5 Å². The Morgan fingerprint density at radius 3 is 2.31 bits per heavy atom. The highest BCUT2D eigenvalue weighted by atomic mass is 19.1. The Balaban J connectivity index is 1.61. The van der Waals surface area contributed by atoms with Crippen LogP contribution < -0.4 is 9.47 Å². The predicted octanol–water partition coefficient (Wildman–Crippen LogP) is 3.61. The van der Waals surface area contributed by atoms with Crippen LogP contribution in [0, 0.1) is 5.82 Å². The highest BCUT2D eigenvalue weighted by Gasteiger charge is 2.15. The van der Waals surface area contributed by atoms with Crippen molar-refractivity contribution in [3.63, 3.8) is 0 Å². The Morgan fingerprint density at radius 2 is 1.69 bits per heavy atom. The van der Waals surface area contributed by atoms with Gasteiger partial charge >= 0.3 is 0 Å². The van der Waals surface area contributed by atoms with Crippen LogP contribution in [0.4, 0.5) is 4.39 Å². The summed E-state index contributed by atoms with van der Waals surface area (Å²) in [7, 11) is 3.61. The van der Waals surface area contributed by atoms with E-state index < -0.39 is 6.10 Å². The molecule has 154 valence electrons. The molecule has 0 saturated carbocycles. The molecule has 1 atom stereocenters. The second kappa shape index (κ2) is 10.1. The standard InChI is InChI=1S/C23H27FN2O3/c1-25-13-3-4-20(25)15-26(14-18-5-7-19(24)8-6-18)16-21(27)17-29-23-11-9-22(28-2)10-12-23/h3-13,21,27H,14-17H2,1-2H3/t21-/m1/s1. The molecule has 1 aromatic heterocycles. The molecule has 0 unspecified atom stereocenters. The van der Waals surface area contributed by atoms with Gasteiger partial charge in [-0.05, 0) is 54.1 Å². The fourth-order valence-electron chi connectivity index (χ4n) is 3.14. The first kappa shape index (κ1) is 20.9. The van der Waals surface area contributed by atoms with Gasteiger partial charge in [-0.3, -0.25) is 4.90 Å². The molecular weight excluding hydrogens is 371 g/mol. The molecule has 0 spiro atoms. The molecule has 6 heteroatoms. The smallest absolute Gasteiger partial charge is 0.123 e. The molecule has 0 bridgehead atoms. The largest absolute Gasteiger partial charge is 0.497 e. The van der Waals surface area contributed by atoms with E-state index in [2.05, 4.69) is 15.5 Å². The molecule has 1 N–H and O–H groups in total. The van der Waals surface area contributed by atoms with Crippen LogP contribution >= 0.6 is 0 Å². The zero-order valence-corrected chi connectivity index (χ0v) is 16.8. The molecule has 3 rings (SSSR count). The third kappa shape index (κ3) is 6.34. The number of rotatable bonds is 10. The predicted molar refractivity (Wildman–Crippen MR) is 110 cm³/mol. The summed E-state index contributed by atoms with van der Waals surface area (Å²) in [5.74, 6) is 1.18. The minimum absolute atomic E-state index is 0.180. The number of aliphatic hydroxyl groups excluding tert-OH is 1. The number of nitrogens with zero attached hydrogens (tertiary/aromatic N) is 2. The highest BCUT2D eigenvalue weighted by molar-refractivity contribution is 5.31. The summed E-state index contributed by atoms with van der Waals surface area (Å²) in [6.45, 7) is 1.88. The van der Waals surface area contributed by atoms with Crippen molar-refractivity contribution >= 4 is 0 Å². The van der Waals surface area contributed by atoms with Gasteiger partial charge in [-0.25, -0.2) is 4.39 Å². The van der Waals surface area contributed by atoms with Crippen LogP contribution in [0.3, 0.4) is 0 Å². The van der Waals surface area contributed by atoms with Gasteiger partial charge in [-0.1, -0.05) is 12.1 Å². The van der Waals surface area contributed by atoms with Crippen LogP contribution in [-0.2, 0) is 20.1 Å². The summed E-state index contributed by atoms with van der Waals surface area (Å²) in [5.41, 5.74) is 2.12. The third-order valence-electron chi connectivity index (χ3n) is 4.73. The minimum Gasteiger partial charge on any atom is -0.497 e. The minimum atomic E-state index is -0.669. The average Bonchev–Trinajstić information content (AvgIpc) is 3.13. The Hall–Kier alpha value is -2.83. The lowest BCUT2D eigenvalue weighted by Gasteiger charge is -2.25. The molecular formula is C23H27FN2O3. The van der Waals surface area contributed by atoms with Crippen molar-refractivity contribution in [1.29, 1.82) is 0 Å². The van der Waals surface area contributed by atoms with Crippen molar-refractivity contribution in [3.05, 3.63) is 83.9 Å². The number of methoxy groups -OCH3 is 1. The van der Waals surface area contributed by atoms with Gasteiger partial charge in [-0.2, -0.15) is 0 Å². The van der Waals surface area contributed by atoms with Crippen molar-refractivity contribution in [2.75, 3.05) is 20.3 Å². The van der Waals surface area contributed by atoms with Gasteiger partial charge < -0.3 is 19.1 Å². The number of aromatic nitrogens is 1. The monoisotopic (exact) mass is 398 g/mol. The van der Waals surface area contributed by atoms with Crippen molar-refractivity contribution in [2.45, 2.75) is 19.2 Å². The Kier molecular flexibility index (Phi) is 7.27. The topological polar surface area (TPSA) is 46.9 Å². The van der Waals surface area contributed by atoms with E-state index in [9.17, 15) is 9.50 Å². The summed E-state index contributed by atoms with van der Waals surface area (Å²) in [6.07, 6.45) is 1.33. The number of hydrogen-bond donors (Lipinski definition) is 1. The van der Waals surface area contributed by atoms with Gasteiger partial charge in [0.05, 0.1) is 7.11 Å². The second-order valence-electron chi connectivity index (χ2n) is 7.05. The van der Waals surface area contributed by atoms with Gasteiger partial charge in [0.1, 0.15) is 30.0 Å². The number of halogens is 1. The first-order valence-corrected chi connectivity index (χ1v) is 9.55. The number of hydrogen-bond acceptors (Lipinski definition) is 4. The van der Waals surface area contributed by atoms with Crippen LogP contribution in [0.15, 0.2) is 66.9 Å². The zero-order valence-electron chi connectivity index (χ0n) is 16.8. The van der Waals surface area contributed by atoms with Crippen molar-refractivity contribution < 1.29 is 19.0 Å². The van der Waals surface area contributed by atoms with Gasteiger partial charge in [0.2, 0.25) is 0 Å². The molecule has 0 amide bonds. The molecule has 0 aliphatic heterocycles. The molecule has 3 aromatic rings. The summed E-state index contributed by atoms with van der Waals surface area (Å²) >= 11 is 0. The normalized spacial score (nSPS) is 12.2. The van der Waals surface area contributed by atoms with E-state index in [0.29, 0.717) is 25.4 Å². The summed E-state index contributed by atoms with van der Waals surface area (Å²) < 4.78 is 26.1. The van der Waals surface area contributed by atoms with Gasteiger partial charge in [0.25, 0.3) is 0 Å². The Bertz CT molecular complexity index is 878. The molecule has 0 radical (unpaired) electrons. The maximum absolute atomic E-state index is 13.2. The van der Waals surface area contributed by atoms with Crippen molar-refractivity contribution in [2.24, 2.45) is 7.05 Å². The van der Waals surface area contributed by atoms with Crippen molar-refractivity contribution in [1.82, 2.24) is 9.47 Å². The summed E-state index contributed by atoms with van der Waals surface area (Å²) in [4.78, 5) is 2.13. The lowest BCUT2D eigenvalue weighted by Crippen LogP contribution is -2.35. The fourth-order valence-corrected chi connectivity index (χ4v) is 3.14. The highest BCUT2D eigenvalue weighted by Crippen LogP contribution is 2.17. The van der Waals surface area contributed by atoms with Crippen molar-refractivity contribution in [3.8, 4) is 11.5 Å². The fraction of sp³-hybridized carbons (Fsp3) is 0.304. The van der Waals surface area contributed by atoms with E-state index in [1.54, 1.807) is 19.2 Å². The van der Waals surface area contributed by atoms with Gasteiger partial charge in [0, 0.05) is 38.6 Å². The van der Waals surface area contributed by atoms with E-state index in [4.69, 9.17) is 9.47 Å². The molecule has 1 heterocycles. The molecule has 29 heavy (non-hydrogen) atoms.